The quantitative estimate of drug-likeness (QED) is 0.684. The summed E-state index contributed by atoms with van der Waals surface area (Å²) in [6.07, 6.45) is 5.99. The first-order chi connectivity index (χ1) is 13.2. The zero-order chi connectivity index (χ0) is 18.6. The minimum atomic E-state index is 0.116. The maximum absolute atomic E-state index is 12.5. The maximum atomic E-state index is 12.5. The molecule has 4 rings (SSSR count). The third kappa shape index (κ3) is 4.05. The highest BCUT2D eigenvalue weighted by molar-refractivity contribution is 5.76. The van der Waals surface area contributed by atoms with Gasteiger partial charge in [-0.25, -0.2) is 9.97 Å². The topological polar surface area (TPSA) is 98.2 Å². The summed E-state index contributed by atoms with van der Waals surface area (Å²) in [6, 6.07) is 5.51. The molecule has 0 N–H and O–H groups in total. The van der Waals surface area contributed by atoms with Crippen LogP contribution in [0.1, 0.15) is 42.6 Å². The molecule has 1 aliphatic rings. The van der Waals surface area contributed by atoms with E-state index in [-0.39, 0.29) is 5.91 Å². The van der Waals surface area contributed by atoms with Crippen LogP contribution >= 0.6 is 0 Å². The summed E-state index contributed by atoms with van der Waals surface area (Å²) in [6.45, 7) is 3.39. The van der Waals surface area contributed by atoms with Gasteiger partial charge in [-0.15, -0.1) is 0 Å². The molecule has 0 spiro atoms. The zero-order valence-corrected chi connectivity index (χ0v) is 15.2. The minimum absolute atomic E-state index is 0.116. The van der Waals surface area contributed by atoms with Crippen LogP contribution in [0.5, 0.6) is 0 Å². The number of rotatable bonds is 5. The highest BCUT2D eigenvalue weighted by Crippen LogP contribution is 2.27. The van der Waals surface area contributed by atoms with Crippen LogP contribution in [0.2, 0.25) is 0 Å². The van der Waals surface area contributed by atoms with Crippen molar-refractivity contribution in [1.29, 1.82) is 0 Å². The van der Waals surface area contributed by atoms with Crippen LogP contribution in [-0.2, 0) is 11.2 Å². The lowest BCUT2D eigenvalue weighted by atomic mass is 9.93. The van der Waals surface area contributed by atoms with Gasteiger partial charge >= 0.3 is 0 Å². The van der Waals surface area contributed by atoms with E-state index in [1.165, 1.54) is 0 Å². The number of nitrogens with zero attached hydrogens (tertiary/aromatic N) is 5. The van der Waals surface area contributed by atoms with Gasteiger partial charge < -0.3 is 13.8 Å². The van der Waals surface area contributed by atoms with Crippen LogP contribution < -0.4 is 0 Å². The van der Waals surface area contributed by atoms with Gasteiger partial charge in [0.1, 0.15) is 5.82 Å². The van der Waals surface area contributed by atoms with Gasteiger partial charge in [0.2, 0.25) is 17.6 Å². The van der Waals surface area contributed by atoms with Gasteiger partial charge in [0, 0.05) is 43.7 Å². The normalized spacial score (nSPS) is 15.2. The average molecular weight is 367 g/mol. The molecule has 0 saturated carbocycles. The van der Waals surface area contributed by atoms with E-state index in [0.717, 1.165) is 37.4 Å². The van der Waals surface area contributed by atoms with Crippen LogP contribution in [0.25, 0.3) is 11.6 Å². The lowest BCUT2D eigenvalue weighted by Gasteiger charge is -2.31. The number of furan rings is 1. The number of aryl methyl sites for hydroxylation is 2. The maximum Gasteiger partial charge on any atom is 0.238 e. The van der Waals surface area contributed by atoms with E-state index in [1.807, 2.05) is 17.9 Å². The van der Waals surface area contributed by atoms with E-state index in [2.05, 4.69) is 20.1 Å². The van der Waals surface area contributed by atoms with Crippen molar-refractivity contribution in [3.05, 3.63) is 48.1 Å². The number of amides is 1. The smallest absolute Gasteiger partial charge is 0.238 e. The van der Waals surface area contributed by atoms with Gasteiger partial charge in [0.25, 0.3) is 0 Å². The number of carbonyl (C=O) groups excluding carboxylic acids is 1. The number of hydrogen-bond donors (Lipinski definition) is 0. The Hall–Kier alpha value is -3.03. The van der Waals surface area contributed by atoms with E-state index < -0.39 is 0 Å². The molecule has 1 saturated heterocycles. The number of likely N-dealkylation sites (tertiary alicyclic amines) is 1. The van der Waals surface area contributed by atoms with Gasteiger partial charge in [-0.1, -0.05) is 5.16 Å². The molecule has 4 heterocycles. The third-order valence-corrected chi connectivity index (χ3v) is 4.83. The Morgan fingerprint density at radius 1 is 1.26 bits per heavy atom. The fraction of sp³-hybridized carbons (Fsp3) is 0.421. The molecular formula is C19H21N5O3. The van der Waals surface area contributed by atoms with Crippen molar-refractivity contribution in [3.8, 4) is 11.6 Å². The molecular weight excluding hydrogens is 346 g/mol. The molecule has 0 bridgehead atoms. The highest BCUT2D eigenvalue weighted by atomic mass is 16.5. The second-order valence-corrected chi connectivity index (χ2v) is 6.67. The van der Waals surface area contributed by atoms with Gasteiger partial charge in [-0.2, -0.15) is 4.98 Å². The number of carbonyl (C=O) groups is 1. The molecule has 27 heavy (non-hydrogen) atoms. The van der Waals surface area contributed by atoms with Crippen LogP contribution in [-0.4, -0.2) is 44.0 Å². The van der Waals surface area contributed by atoms with Crippen molar-refractivity contribution in [2.45, 2.75) is 38.5 Å². The Bertz CT molecular complexity index is 898. The Labute approximate surface area is 156 Å². The summed E-state index contributed by atoms with van der Waals surface area (Å²) in [7, 11) is 0. The largest absolute Gasteiger partial charge is 0.461 e. The molecule has 0 aliphatic carbocycles. The molecule has 1 fully saturated rings. The van der Waals surface area contributed by atoms with Gasteiger partial charge in [0.15, 0.2) is 5.76 Å². The molecule has 0 unspecified atom stereocenters. The lowest BCUT2D eigenvalue weighted by molar-refractivity contribution is -0.132. The van der Waals surface area contributed by atoms with Crippen molar-refractivity contribution in [2.75, 3.05) is 13.1 Å². The Morgan fingerprint density at radius 3 is 2.85 bits per heavy atom. The lowest BCUT2D eigenvalue weighted by Crippen LogP contribution is -2.38. The van der Waals surface area contributed by atoms with Crippen molar-refractivity contribution < 1.29 is 13.7 Å². The van der Waals surface area contributed by atoms with Gasteiger partial charge in [-0.05, 0) is 38.0 Å². The average Bonchev–Trinajstić information content (AvgIpc) is 3.38. The van der Waals surface area contributed by atoms with E-state index in [0.29, 0.717) is 36.2 Å². The molecule has 8 nitrogen and oxygen atoms in total. The molecule has 140 valence electrons. The minimum Gasteiger partial charge on any atom is -0.461 e. The summed E-state index contributed by atoms with van der Waals surface area (Å²) >= 11 is 0. The van der Waals surface area contributed by atoms with E-state index in [1.54, 1.807) is 24.6 Å². The SMILES string of the molecule is Cc1nccc(C2CCN(C(=O)CCc3nc(-c4ccco4)no3)CC2)n1. The van der Waals surface area contributed by atoms with Crippen LogP contribution in [0.15, 0.2) is 39.6 Å². The summed E-state index contributed by atoms with van der Waals surface area (Å²) < 4.78 is 10.4. The molecule has 8 heteroatoms. The van der Waals surface area contributed by atoms with Crippen LogP contribution in [0.3, 0.4) is 0 Å². The predicted octanol–water partition coefficient (Wildman–Crippen LogP) is 2.77. The first kappa shape index (κ1) is 17.4. The number of aromatic nitrogens is 4. The second-order valence-electron chi connectivity index (χ2n) is 6.67. The first-order valence-corrected chi connectivity index (χ1v) is 9.13. The van der Waals surface area contributed by atoms with Crippen molar-refractivity contribution in [3.63, 3.8) is 0 Å². The van der Waals surface area contributed by atoms with E-state index >= 15 is 0 Å². The third-order valence-electron chi connectivity index (χ3n) is 4.83. The van der Waals surface area contributed by atoms with Crippen LogP contribution in [0, 0.1) is 6.92 Å². The molecule has 0 atom stereocenters. The molecule has 3 aromatic heterocycles. The molecule has 3 aromatic rings. The fourth-order valence-corrected chi connectivity index (χ4v) is 3.36. The fourth-order valence-electron chi connectivity index (χ4n) is 3.36. The van der Waals surface area contributed by atoms with Gasteiger partial charge in [-0.3, -0.25) is 4.79 Å². The molecule has 0 aromatic carbocycles. The zero-order valence-electron chi connectivity index (χ0n) is 15.2. The first-order valence-electron chi connectivity index (χ1n) is 9.13. The monoisotopic (exact) mass is 367 g/mol. The molecule has 0 radical (unpaired) electrons. The summed E-state index contributed by atoms with van der Waals surface area (Å²) in [5.41, 5.74) is 1.07. The summed E-state index contributed by atoms with van der Waals surface area (Å²) in [5, 5.41) is 3.88. The van der Waals surface area contributed by atoms with E-state index in [9.17, 15) is 4.79 Å². The number of piperidine rings is 1. The van der Waals surface area contributed by atoms with Crippen molar-refractivity contribution in [2.24, 2.45) is 0 Å². The predicted molar refractivity (Wildman–Crippen MR) is 95.6 cm³/mol. The Kier molecular flexibility index (Phi) is 4.95. The summed E-state index contributed by atoms with van der Waals surface area (Å²) in [4.78, 5) is 27.3. The highest BCUT2D eigenvalue weighted by Gasteiger charge is 2.25. The van der Waals surface area contributed by atoms with E-state index in [4.69, 9.17) is 8.94 Å². The van der Waals surface area contributed by atoms with Crippen molar-refractivity contribution in [1.82, 2.24) is 25.0 Å². The number of hydrogen-bond acceptors (Lipinski definition) is 7. The molecule has 1 amide bonds. The Balaban J connectivity index is 1.27. The second kappa shape index (κ2) is 7.69. The standard InChI is InChI=1S/C19H21N5O3/c1-13-20-9-6-15(21-13)14-7-10-24(11-8-14)18(25)5-4-17-22-19(23-27-17)16-3-2-12-26-16/h2-3,6,9,12,14H,4-5,7-8,10-11H2,1H3. The van der Waals surface area contributed by atoms with Gasteiger partial charge in [0.05, 0.1) is 6.26 Å². The summed E-state index contributed by atoms with van der Waals surface area (Å²) in [5.74, 6) is 2.70. The van der Waals surface area contributed by atoms with Crippen LogP contribution in [0.4, 0.5) is 0 Å². The molecule has 1 aliphatic heterocycles. The Morgan fingerprint density at radius 2 is 2.11 bits per heavy atom. The van der Waals surface area contributed by atoms with Crippen molar-refractivity contribution >= 4 is 5.91 Å².